The quantitative estimate of drug-likeness (QED) is 0.941. The Kier molecular flexibility index (Phi) is 3.76. The van der Waals surface area contributed by atoms with E-state index in [4.69, 9.17) is 0 Å². The lowest BCUT2D eigenvalue weighted by atomic mass is 9.91. The Morgan fingerprint density at radius 3 is 3.15 bits per heavy atom. The van der Waals surface area contributed by atoms with Crippen molar-refractivity contribution < 1.29 is 9.90 Å². The van der Waals surface area contributed by atoms with Crippen LogP contribution in [0.3, 0.4) is 0 Å². The van der Waals surface area contributed by atoms with Crippen molar-refractivity contribution in [1.82, 2.24) is 4.98 Å². The largest absolute Gasteiger partial charge is 0.481 e. The highest BCUT2D eigenvalue weighted by molar-refractivity contribution is 7.15. The summed E-state index contributed by atoms with van der Waals surface area (Å²) in [7, 11) is 2.01. The highest BCUT2D eigenvalue weighted by Crippen LogP contribution is 2.38. The number of fused-ring (bicyclic) bond motifs is 1. The lowest BCUT2D eigenvalue weighted by molar-refractivity contribution is -0.139. The van der Waals surface area contributed by atoms with Crippen LogP contribution in [-0.4, -0.2) is 23.1 Å². The zero-order valence-corrected chi connectivity index (χ0v) is 12.8. The van der Waals surface area contributed by atoms with Gasteiger partial charge in [-0.05, 0) is 41.7 Å². The Labute approximate surface area is 125 Å². The third kappa shape index (κ3) is 2.58. The van der Waals surface area contributed by atoms with Crippen LogP contribution in [0.4, 0.5) is 5.13 Å². The van der Waals surface area contributed by atoms with Crippen LogP contribution in [-0.2, 0) is 17.8 Å². The van der Waals surface area contributed by atoms with Gasteiger partial charge in [-0.3, -0.25) is 4.79 Å². The van der Waals surface area contributed by atoms with Gasteiger partial charge in [0, 0.05) is 18.5 Å². The fourth-order valence-corrected chi connectivity index (χ4v) is 4.32. The highest BCUT2D eigenvalue weighted by Gasteiger charge is 2.30. The van der Waals surface area contributed by atoms with Gasteiger partial charge in [0.15, 0.2) is 5.13 Å². The summed E-state index contributed by atoms with van der Waals surface area (Å²) in [5, 5.41) is 14.4. The van der Waals surface area contributed by atoms with Crippen LogP contribution in [0.5, 0.6) is 0 Å². The van der Waals surface area contributed by atoms with E-state index in [1.165, 1.54) is 5.56 Å². The van der Waals surface area contributed by atoms with E-state index in [0.29, 0.717) is 6.42 Å². The van der Waals surface area contributed by atoms with Crippen molar-refractivity contribution in [2.24, 2.45) is 0 Å². The smallest absolute Gasteiger partial charge is 0.312 e. The molecule has 1 aliphatic rings. The van der Waals surface area contributed by atoms with Crippen LogP contribution in [0.15, 0.2) is 16.8 Å². The number of thiophene rings is 1. The highest BCUT2D eigenvalue weighted by atomic mass is 32.1. The fourth-order valence-electron chi connectivity index (χ4n) is 2.53. The minimum absolute atomic E-state index is 0.418. The third-order valence-corrected chi connectivity index (χ3v) is 5.54. The Morgan fingerprint density at radius 1 is 1.60 bits per heavy atom. The number of aromatic nitrogens is 1. The van der Waals surface area contributed by atoms with Crippen molar-refractivity contribution in [1.29, 1.82) is 0 Å². The van der Waals surface area contributed by atoms with Crippen molar-refractivity contribution in [3.05, 3.63) is 33.0 Å². The zero-order chi connectivity index (χ0) is 14.1. The van der Waals surface area contributed by atoms with Crippen molar-refractivity contribution in [2.45, 2.75) is 31.7 Å². The minimum Gasteiger partial charge on any atom is -0.481 e. The van der Waals surface area contributed by atoms with Gasteiger partial charge in [0.05, 0.1) is 5.69 Å². The van der Waals surface area contributed by atoms with E-state index < -0.39 is 11.9 Å². The van der Waals surface area contributed by atoms with E-state index in [0.717, 1.165) is 35.1 Å². The van der Waals surface area contributed by atoms with E-state index >= 15 is 0 Å². The van der Waals surface area contributed by atoms with Crippen LogP contribution in [0.2, 0.25) is 0 Å². The number of carbonyl (C=O) groups is 1. The molecule has 0 aliphatic heterocycles. The second-order valence-electron chi connectivity index (χ2n) is 5.08. The molecule has 106 valence electrons. The number of anilines is 1. The number of thiazole rings is 1. The molecule has 1 unspecified atom stereocenters. The van der Waals surface area contributed by atoms with Gasteiger partial charge in [0.25, 0.3) is 0 Å². The Bertz CT molecular complexity index is 607. The van der Waals surface area contributed by atoms with Crippen molar-refractivity contribution in [3.63, 3.8) is 0 Å². The molecule has 0 radical (unpaired) electrons. The Balaban J connectivity index is 1.83. The first kappa shape index (κ1) is 13.6. The van der Waals surface area contributed by atoms with Crippen LogP contribution in [0.1, 0.15) is 34.9 Å². The Hall–Kier alpha value is -1.40. The molecule has 2 aromatic heterocycles. The molecule has 0 aromatic carbocycles. The molecule has 0 spiro atoms. The van der Waals surface area contributed by atoms with E-state index in [-0.39, 0.29) is 0 Å². The number of rotatable bonds is 4. The van der Waals surface area contributed by atoms with E-state index in [1.54, 1.807) is 22.7 Å². The number of aryl methyl sites for hydroxylation is 1. The molecule has 2 heterocycles. The third-order valence-electron chi connectivity index (χ3n) is 3.57. The van der Waals surface area contributed by atoms with Gasteiger partial charge >= 0.3 is 5.97 Å². The van der Waals surface area contributed by atoms with Gasteiger partial charge in [0.2, 0.25) is 0 Å². The van der Waals surface area contributed by atoms with Crippen molar-refractivity contribution >= 4 is 33.8 Å². The predicted octanol–water partition coefficient (Wildman–Crippen LogP) is 3.35. The summed E-state index contributed by atoms with van der Waals surface area (Å²) in [6.45, 7) is 0.813. The monoisotopic (exact) mass is 308 g/mol. The summed E-state index contributed by atoms with van der Waals surface area (Å²) in [5.74, 6) is -1.17. The molecule has 4 nitrogen and oxygen atoms in total. The average Bonchev–Trinajstić information content (AvgIpc) is 3.05. The number of nitrogens with zero attached hydrogens (tertiary/aromatic N) is 2. The first-order valence-electron chi connectivity index (χ1n) is 6.60. The molecule has 1 N–H and O–H groups in total. The molecule has 6 heteroatoms. The van der Waals surface area contributed by atoms with Crippen molar-refractivity contribution in [3.8, 4) is 0 Å². The number of carboxylic acids is 1. The lowest BCUT2D eigenvalue weighted by Crippen LogP contribution is -2.18. The average molecular weight is 308 g/mol. The van der Waals surface area contributed by atoms with Gasteiger partial charge in [-0.1, -0.05) is 0 Å². The summed E-state index contributed by atoms with van der Waals surface area (Å²) in [6.07, 6.45) is 2.61. The summed E-state index contributed by atoms with van der Waals surface area (Å²) in [6, 6.07) is 2.11. The zero-order valence-electron chi connectivity index (χ0n) is 11.2. The number of hydrogen-bond acceptors (Lipinski definition) is 5. The Morgan fingerprint density at radius 2 is 2.45 bits per heavy atom. The van der Waals surface area contributed by atoms with Gasteiger partial charge in [-0.15, -0.1) is 11.3 Å². The molecule has 0 amide bonds. The van der Waals surface area contributed by atoms with Crippen LogP contribution in [0, 0.1) is 0 Å². The topological polar surface area (TPSA) is 53.4 Å². The molecule has 0 saturated carbocycles. The molecule has 1 aliphatic carbocycles. The second-order valence-corrected chi connectivity index (χ2v) is 6.92. The summed E-state index contributed by atoms with van der Waals surface area (Å²) < 4.78 is 0. The molecular formula is C14H16N2O2S2. The molecule has 0 saturated heterocycles. The van der Waals surface area contributed by atoms with Gasteiger partial charge in [-0.25, -0.2) is 4.98 Å². The summed E-state index contributed by atoms with van der Waals surface area (Å²) >= 11 is 3.33. The second kappa shape index (κ2) is 5.54. The van der Waals surface area contributed by atoms with E-state index in [2.05, 4.69) is 26.7 Å². The number of aliphatic carboxylic acids is 1. The minimum atomic E-state index is -0.747. The molecule has 3 rings (SSSR count). The SMILES string of the molecule is CN(Cc1ccsc1)c1nc2c(s1)CCCC2C(=O)O. The number of carboxylic acid groups (broad SMARTS) is 1. The van der Waals surface area contributed by atoms with E-state index in [1.807, 2.05) is 7.05 Å². The predicted molar refractivity (Wildman–Crippen MR) is 81.9 cm³/mol. The maximum atomic E-state index is 11.3. The molecule has 20 heavy (non-hydrogen) atoms. The summed E-state index contributed by atoms with van der Waals surface area (Å²) in [4.78, 5) is 19.2. The standard InChI is InChI=1S/C14H16N2O2S2/c1-16(7-9-5-6-19-8-9)14-15-12-10(13(17)18)3-2-4-11(12)20-14/h5-6,8,10H,2-4,7H2,1H3,(H,17,18). The maximum Gasteiger partial charge on any atom is 0.312 e. The van der Waals surface area contributed by atoms with Gasteiger partial charge in [-0.2, -0.15) is 11.3 Å². The molecule has 0 fully saturated rings. The van der Waals surface area contributed by atoms with Gasteiger partial charge < -0.3 is 10.0 Å². The first-order valence-corrected chi connectivity index (χ1v) is 8.35. The van der Waals surface area contributed by atoms with Crippen LogP contribution in [0.25, 0.3) is 0 Å². The molecule has 2 aromatic rings. The molecule has 1 atom stereocenters. The van der Waals surface area contributed by atoms with Crippen molar-refractivity contribution in [2.75, 3.05) is 11.9 Å². The van der Waals surface area contributed by atoms with Crippen LogP contribution < -0.4 is 4.90 Å². The molecule has 0 bridgehead atoms. The normalized spacial score (nSPS) is 17.8. The summed E-state index contributed by atoms with van der Waals surface area (Å²) in [5.41, 5.74) is 2.06. The fraction of sp³-hybridized carbons (Fsp3) is 0.429. The molecular weight excluding hydrogens is 292 g/mol. The number of hydrogen-bond donors (Lipinski definition) is 1. The van der Waals surface area contributed by atoms with Crippen LogP contribution >= 0.6 is 22.7 Å². The van der Waals surface area contributed by atoms with Gasteiger partial charge in [0.1, 0.15) is 5.92 Å². The maximum absolute atomic E-state index is 11.3. The lowest BCUT2D eigenvalue weighted by Gasteiger charge is -2.16. The van der Waals surface area contributed by atoms with E-state index in [9.17, 15) is 9.90 Å². The first-order chi connectivity index (χ1) is 9.65.